The van der Waals surface area contributed by atoms with Crippen LogP contribution in [0.3, 0.4) is 0 Å². The lowest BCUT2D eigenvalue weighted by molar-refractivity contribution is -0.114. The molecule has 0 spiro atoms. The third-order valence-electron chi connectivity index (χ3n) is 2.63. The van der Waals surface area contributed by atoms with Crippen molar-refractivity contribution in [2.45, 2.75) is 24.8 Å². The van der Waals surface area contributed by atoms with Gasteiger partial charge in [-0.3, -0.25) is 4.79 Å². The molecule has 0 heterocycles. The van der Waals surface area contributed by atoms with Crippen molar-refractivity contribution in [1.29, 1.82) is 0 Å². The van der Waals surface area contributed by atoms with Gasteiger partial charge in [0.2, 0.25) is 15.9 Å². The fraction of sp³-hybridized carbons (Fsp3) is 0.417. The smallest absolute Gasteiger partial charge is 0.240 e. The summed E-state index contributed by atoms with van der Waals surface area (Å²) in [6.45, 7) is 3.47. The first-order chi connectivity index (χ1) is 9.26. The van der Waals surface area contributed by atoms with E-state index in [4.69, 9.17) is 11.6 Å². The van der Waals surface area contributed by atoms with Gasteiger partial charge in [0, 0.05) is 19.5 Å². The molecule has 1 amide bonds. The third kappa shape index (κ3) is 6.19. The average Bonchev–Trinajstić information content (AvgIpc) is 2.37. The molecule has 1 atom stereocenters. The number of benzene rings is 1. The maximum absolute atomic E-state index is 12.1. The highest BCUT2D eigenvalue weighted by molar-refractivity contribution is 7.89. The Labute approximate surface area is 136 Å². The summed E-state index contributed by atoms with van der Waals surface area (Å²) in [5.41, 5.74) is 0.377. The highest BCUT2D eigenvalue weighted by Crippen LogP contribution is 2.25. The molecule has 6 nitrogen and oxygen atoms in total. The first-order valence-corrected chi connectivity index (χ1v) is 7.86. The first kappa shape index (κ1) is 20.1. The Morgan fingerprint density at radius 2 is 2.00 bits per heavy atom. The molecule has 0 saturated heterocycles. The minimum Gasteiger partial charge on any atom is -0.325 e. The lowest BCUT2D eigenvalue weighted by Crippen LogP contribution is -2.37. The third-order valence-corrected chi connectivity index (χ3v) is 4.37. The maximum Gasteiger partial charge on any atom is 0.240 e. The van der Waals surface area contributed by atoms with Crippen molar-refractivity contribution in [1.82, 2.24) is 10.0 Å². The molecule has 0 aliphatic heterocycles. The summed E-state index contributed by atoms with van der Waals surface area (Å²) >= 11 is 5.95. The average molecular weight is 356 g/mol. The summed E-state index contributed by atoms with van der Waals surface area (Å²) in [6, 6.07) is 4.17. The fourth-order valence-corrected chi connectivity index (χ4v) is 2.82. The van der Waals surface area contributed by atoms with E-state index in [1.54, 1.807) is 7.05 Å². The molecule has 0 bridgehead atoms. The van der Waals surface area contributed by atoms with Crippen molar-refractivity contribution in [2.75, 3.05) is 18.9 Å². The van der Waals surface area contributed by atoms with E-state index in [-0.39, 0.29) is 40.8 Å². The van der Waals surface area contributed by atoms with E-state index in [0.29, 0.717) is 5.69 Å². The normalized spacial score (nSPS) is 12.4. The monoisotopic (exact) mass is 355 g/mol. The lowest BCUT2D eigenvalue weighted by atomic mass is 10.3. The van der Waals surface area contributed by atoms with E-state index in [9.17, 15) is 13.2 Å². The Morgan fingerprint density at radius 1 is 1.38 bits per heavy atom. The van der Waals surface area contributed by atoms with Crippen LogP contribution in [0.1, 0.15) is 13.8 Å². The number of sulfonamides is 1. The van der Waals surface area contributed by atoms with Crippen LogP contribution in [0.15, 0.2) is 23.1 Å². The Balaban J connectivity index is 0.00000400. The number of hydrogen-bond donors (Lipinski definition) is 3. The number of carbonyl (C=O) groups is 1. The van der Waals surface area contributed by atoms with Crippen LogP contribution >= 0.6 is 24.0 Å². The molecule has 0 saturated carbocycles. The molecule has 3 N–H and O–H groups in total. The molecular weight excluding hydrogens is 337 g/mol. The summed E-state index contributed by atoms with van der Waals surface area (Å²) in [5, 5.41) is 5.62. The topological polar surface area (TPSA) is 87.3 Å². The van der Waals surface area contributed by atoms with E-state index in [2.05, 4.69) is 15.4 Å². The zero-order valence-corrected chi connectivity index (χ0v) is 14.3. The minimum atomic E-state index is -3.62. The highest BCUT2D eigenvalue weighted by atomic mass is 35.5. The van der Waals surface area contributed by atoms with Crippen LogP contribution in [-0.2, 0) is 14.8 Å². The van der Waals surface area contributed by atoms with Gasteiger partial charge in [0.25, 0.3) is 0 Å². The van der Waals surface area contributed by atoms with Gasteiger partial charge >= 0.3 is 0 Å². The summed E-state index contributed by atoms with van der Waals surface area (Å²) in [5.74, 6) is -0.275. The van der Waals surface area contributed by atoms with E-state index in [0.717, 1.165) is 0 Å². The second-order valence-corrected chi connectivity index (χ2v) is 6.54. The first-order valence-electron chi connectivity index (χ1n) is 6.00. The van der Waals surface area contributed by atoms with Crippen LogP contribution in [-0.4, -0.2) is 34.0 Å². The van der Waals surface area contributed by atoms with Gasteiger partial charge < -0.3 is 10.6 Å². The van der Waals surface area contributed by atoms with Crippen molar-refractivity contribution in [3.05, 3.63) is 23.2 Å². The Kier molecular flexibility index (Phi) is 8.20. The number of anilines is 1. The van der Waals surface area contributed by atoms with E-state index in [1.807, 2.05) is 6.92 Å². The van der Waals surface area contributed by atoms with Crippen LogP contribution in [0.4, 0.5) is 5.69 Å². The summed E-state index contributed by atoms with van der Waals surface area (Å²) in [6.07, 6.45) is 0. The largest absolute Gasteiger partial charge is 0.325 e. The molecule has 120 valence electrons. The lowest BCUT2D eigenvalue weighted by Gasteiger charge is -2.13. The number of hydrogen-bond acceptors (Lipinski definition) is 4. The number of amides is 1. The quantitative estimate of drug-likeness (QED) is 0.723. The predicted molar refractivity (Wildman–Crippen MR) is 86.7 cm³/mol. The second-order valence-electron chi connectivity index (χ2n) is 4.36. The number of likely N-dealkylation sites (N-methyl/N-ethyl adjacent to an activating group) is 1. The van der Waals surface area contributed by atoms with E-state index < -0.39 is 10.0 Å². The highest BCUT2D eigenvalue weighted by Gasteiger charge is 2.16. The molecule has 1 aromatic rings. The Hall–Kier alpha value is -0.860. The van der Waals surface area contributed by atoms with Gasteiger partial charge in [0.15, 0.2) is 0 Å². The van der Waals surface area contributed by atoms with Crippen molar-refractivity contribution < 1.29 is 13.2 Å². The van der Waals surface area contributed by atoms with Crippen molar-refractivity contribution in [3.63, 3.8) is 0 Å². The molecule has 1 unspecified atom stereocenters. The van der Waals surface area contributed by atoms with Crippen LogP contribution in [0, 0.1) is 0 Å². The van der Waals surface area contributed by atoms with Gasteiger partial charge in [-0.1, -0.05) is 11.6 Å². The van der Waals surface area contributed by atoms with Crippen LogP contribution in [0.5, 0.6) is 0 Å². The summed E-state index contributed by atoms with van der Waals surface area (Å²) in [4.78, 5) is 11.0. The van der Waals surface area contributed by atoms with Gasteiger partial charge in [-0.15, -0.1) is 12.4 Å². The fourth-order valence-electron chi connectivity index (χ4n) is 1.37. The standard InChI is InChI=1S/C12H18ClN3O3S.ClH/c1-8(14-3)7-15-20(18,19)10-4-5-12(11(13)6-10)16-9(2)17;/h4-6,8,14-15H,7H2,1-3H3,(H,16,17);1H. The minimum absolute atomic E-state index is 0. The zero-order chi connectivity index (χ0) is 15.3. The molecule has 9 heteroatoms. The van der Waals surface area contributed by atoms with Crippen LogP contribution in [0.25, 0.3) is 0 Å². The molecule has 1 aromatic carbocycles. The Bertz CT molecular complexity index is 593. The predicted octanol–water partition coefficient (Wildman–Crippen LogP) is 1.61. The molecule has 0 aromatic heterocycles. The molecule has 21 heavy (non-hydrogen) atoms. The van der Waals surface area contributed by atoms with E-state index in [1.165, 1.54) is 25.1 Å². The van der Waals surface area contributed by atoms with Crippen molar-refractivity contribution in [2.24, 2.45) is 0 Å². The molecule has 1 rings (SSSR count). The molecule has 0 aliphatic rings. The van der Waals surface area contributed by atoms with Gasteiger partial charge in [0.05, 0.1) is 15.6 Å². The summed E-state index contributed by atoms with van der Waals surface area (Å²) in [7, 11) is -1.87. The van der Waals surface area contributed by atoms with Crippen molar-refractivity contribution in [3.8, 4) is 0 Å². The van der Waals surface area contributed by atoms with Gasteiger partial charge in [-0.25, -0.2) is 13.1 Å². The SMILES string of the molecule is CNC(C)CNS(=O)(=O)c1ccc(NC(C)=O)c(Cl)c1.Cl. The van der Waals surface area contributed by atoms with Gasteiger partial charge in [0.1, 0.15) is 0 Å². The number of carbonyl (C=O) groups excluding carboxylic acids is 1. The van der Waals surface area contributed by atoms with Gasteiger partial charge in [-0.05, 0) is 32.2 Å². The molecule has 0 aliphatic carbocycles. The van der Waals surface area contributed by atoms with Gasteiger partial charge in [-0.2, -0.15) is 0 Å². The molecule has 0 fully saturated rings. The number of rotatable bonds is 6. The Morgan fingerprint density at radius 3 is 2.48 bits per heavy atom. The second kappa shape index (κ2) is 8.55. The van der Waals surface area contributed by atoms with Crippen molar-refractivity contribution >= 4 is 45.6 Å². The van der Waals surface area contributed by atoms with E-state index >= 15 is 0 Å². The maximum atomic E-state index is 12.1. The molecular formula is C12H19Cl2N3O3S. The zero-order valence-electron chi connectivity index (χ0n) is 11.9. The number of nitrogens with one attached hydrogen (secondary N) is 3. The van der Waals surface area contributed by atoms with Crippen LogP contribution in [0.2, 0.25) is 5.02 Å². The number of halogens is 2. The summed E-state index contributed by atoms with van der Waals surface area (Å²) < 4.78 is 26.6. The van der Waals surface area contributed by atoms with Crippen LogP contribution < -0.4 is 15.4 Å². The molecule has 0 radical (unpaired) electrons.